The zero-order valence-electron chi connectivity index (χ0n) is 11.0. The van der Waals surface area contributed by atoms with Crippen LogP contribution in [0.4, 0.5) is 0 Å². The molecule has 0 spiro atoms. The Balaban J connectivity index is 2.39. The summed E-state index contributed by atoms with van der Waals surface area (Å²) in [6.45, 7) is 6.91. The van der Waals surface area contributed by atoms with Crippen molar-refractivity contribution >= 4 is 5.57 Å². The minimum atomic E-state index is 0.352. The van der Waals surface area contributed by atoms with E-state index in [1.807, 2.05) is 12.1 Å². The van der Waals surface area contributed by atoms with Gasteiger partial charge in [0, 0.05) is 0 Å². The number of phenols is 1. The molecule has 1 heteroatoms. The molecule has 17 heavy (non-hydrogen) atoms. The van der Waals surface area contributed by atoms with Crippen molar-refractivity contribution in [1.82, 2.24) is 0 Å². The van der Waals surface area contributed by atoms with Crippen LogP contribution in [-0.2, 0) is 0 Å². The first-order valence-corrected chi connectivity index (χ1v) is 6.59. The summed E-state index contributed by atoms with van der Waals surface area (Å²) in [5, 5.41) is 9.36. The molecular formula is C16H22O. The van der Waals surface area contributed by atoms with E-state index in [2.05, 4.69) is 20.8 Å². The SMILES string of the molecule is CC1CCC(c2ccc(O)cc2)=C(C(C)C)C1. The molecule has 0 radical (unpaired) electrons. The number of rotatable bonds is 2. The van der Waals surface area contributed by atoms with E-state index in [0.717, 1.165) is 5.92 Å². The molecule has 0 aromatic heterocycles. The monoisotopic (exact) mass is 230 g/mol. The van der Waals surface area contributed by atoms with Crippen LogP contribution in [0.2, 0.25) is 0 Å². The Morgan fingerprint density at radius 2 is 1.82 bits per heavy atom. The maximum atomic E-state index is 9.36. The summed E-state index contributed by atoms with van der Waals surface area (Å²) in [6, 6.07) is 7.67. The van der Waals surface area contributed by atoms with Gasteiger partial charge in [-0.1, -0.05) is 38.5 Å². The Hall–Kier alpha value is -1.24. The Kier molecular flexibility index (Phi) is 3.56. The molecule has 0 heterocycles. The predicted molar refractivity (Wildman–Crippen MR) is 72.9 cm³/mol. The molecule has 0 aliphatic heterocycles. The molecule has 0 amide bonds. The first-order valence-electron chi connectivity index (χ1n) is 6.59. The third-order valence-electron chi connectivity index (χ3n) is 3.76. The van der Waals surface area contributed by atoms with Gasteiger partial charge in [0.15, 0.2) is 0 Å². The third-order valence-corrected chi connectivity index (χ3v) is 3.76. The molecule has 1 aliphatic rings. The van der Waals surface area contributed by atoms with Gasteiger partial charge in [0.1, 0.15) is 5.75 Å². The van der Waals surface area contributed by atoms with Crippen molar-refractivity contribution in [2.45, 2.75) is 40.0 Å². The number of aromatic hydroxyl groups is 1. The number of hydrogen-bond acceptors (Lipinski definition) is 1. The fraction of sp³-hybridized carbons (Fsp3) is 0.500. The van der Waals surface area contributed by atoms with Gasteiger partial charge in [-0.15, -0.1) is 0 Å². The first-order chi connectivity index (χ1) is 8.08. The lowest BCUT2D eigenvalue weighted by atomic mass is 9.78. The zero-order chi connectivity index (χ0) is 12.4. The molecular weight excluding hydrogens is 208 g/mol. The van der Waals surface area contributed by atoms with Gasteiger partial charge in [0.2, 0.25) is 0 Å². The third kappa shape index (κ3) is 2.71. The van der Waals surface area contributed by atoms with Crippen LogP contribution in [0.3, 0.4) is 0 Å². The fourth-order valence-electron chi connectivity index (χ4n) is 2.73. The van der Waals surface area contributed by atoms with Gasteiger partial charge in [0.05, 0.1) is 0 Å². The van der Waals surface area contributed by atoms with Gasteiger partial charge in [-0.25, -0.2) is 0 Å². The van der Waals surface area contributed by atoms with Crippen molar-refractivity contribution in [3.63, 3.8) is 0 Å². The summed E-state index contributed by atoms with van der Waals surface area (Å²) in [5.74, 6) is 1.79. The molecule has 1 atom stereocenters. The van der Waals surface area contributed by atoms with E-state index in [1.165, 1.54) is 30.4 Å². The molecule has 1 nitrogen and oxygen atoms in total. The predicted octanol–water partition coefficient (Wildman–Crippen LogP) is 4.62. The normalized spacial score (nSPS) is 21.1. The molecule has 1 aliphatic carbocycles. The summed E-state index contributed by atoms with van der Waals surface area (Å²) in [4.78, 5) is 0. The molecule has 2 rings (SSSR count). The van der Waals surface area contributed by atoms with Crippen LogP contribution in [0.25, 0.3) is 5.57 Å². The van der Waals surface area contributed by atoms with Crippen LogP contribution in [-0.4, -0.2) is 5.11 Å². The lowest BCUT2D eigenvalue weighted by Crippen LogP contribution is -2.11. The molecule has 1 N–H and O–H groups in total. The zero-order valence-corrected chi connectivity index (χ0v) is 11.0. The summed E-state index contributed by atoms with van der Waals surface area (Å²) in [5.41, 5.74) is 4.41. The number of phenolic OH excluding ortho intramolecular Hbond substituents is 1. The average molecular weight is 230 g/mol. The lowest BCUT2D eigenvalue weighted by Gasteiger charge is -2.27. The Labute approximate surface area is 104 Å². The molecule has 0 saturated heterocycles. The highest BCUT2D eigenvalue weighted by Crippen LogP contribution is 2.38. The smallest absolute Gasteiger partial charge is 0.115 e. The lowest BCUT2D eigenvalue weighted by molar-refractivity contribution is 0.475. The van der Waals surface area contributed by atoms with E-state index in [0.29, 0.717) is 11.7 Å². The Morgan fingerprint density at radius 3 is 2.41 bits per heavy atom. The largest absolute Gasteiger partial charge is 0.508 e. The van der Waals surface area contributed by atoms with Gasteiger partial charge in [-0.05, 0) is 54.4 Å². The average Bonchev–Trinajstić information content (AvgIpc) is 2.30. The summed E-state index contributed by atoms with van der Waals surface area (Å²) in [7, 11) is 0. The van der Waals surface area contributed by atoms with E-state index in [9.17, 15) is 5.11 Å². The highest BCUT2D eigenvalue weighted by atomic mass is 16.3. The van der Waals surface area contributed by atoms with E-state index in [-0.39, 0.29) is 0 Å². The fourth-order valence-corrected chi connectivity index (χ4v) is 2.73. The second-order valence-electron chi connectivity index (χ2n) is 5.55. The van der Waals surface area contributed by atoms with Crippen molar-refractivity contribution in [2.75, 3.05) is 0 Å². The molecule has 0 fully saturated rings. The van der Waals surface area contributed by atoms with Gasteiger partial charge >= 0.3 is 0 Å². The molecule has 1 unspecified atom stereocenters. The van der Waals surface area contributed by atoms with Crippen molar-refractivity contribution < 1.29 is 5.11 Å². The second-order valence-corrected chi connectivity index (χ2v) is 5.55. The van der Waals surface area contributed by atoms with Crippen LogP contribution < -0.4 is 0 Å². The van der Waals surface area contributed by atoms with Crippen LogP contribution in [0.1, 0.15) is 45.6 Å². The van der Waals surface area contributed by atoms with Crippen molar-refractivity contribution in [2.24, 2.45) is 11.8 Å². The molecule has 1 aromatic carbocycles. The Bertz CT molecular complexity index is 412. The van der Waals surface area contributed by atoms with Gasteiger partial charge in [0.25, 0.3) is 0 Å². The highest BCUT2D eigenvalue weighted by Gasteiger charge is 2.20. The molecule has 0 bridgehead atoms. The van der Waals surface area contributed by atoms with E-state index < -0.39 is 0 Å². The van der Waals surface area contributed by atoms with Crippen molar-refractivity contribution in [3.05, 3.63) is 35.4 Å². The summed E-state index contributed by atoms with van der Waals surface area (Å²) in [6.07, 6.45) is 3.69. The molecule has 0 saturated carbocycles. The maximum Gasteiger partial charge on any atom is 0.115 e. The summed E-state index contributed by atoms with van der Waals surface area (Å²) < 4.78 is 0. The van der Waals surface area contributed by atoms with E-state index >= 15 is 0 Å². The standard InChI is InChI=1S/C16H22O/c1-11(2)16-10-12(3)4-9-15(16)13-5-7-14(17)8-6-13/h5-8,11-12,17H,4,9-10H2,1-3H3. The number of hydrogen-bond donors (Lipinski definition) is 1. The van der Waals surface area contributed by atoms with Gasteiger partial charge in [-0.2, -0.15) is 0 Å². The molecule has 92 valence electrons. The number of allylic oxidation sites excluding steroid dienone is 2. The molecule has 1 aromatic rings. The van der Waals surface area contributed by atoms with Crippen molar-refractivity contribution in [1.29, 1.82) is 0 Å². The van der Waals surface area contributed by atoms with Gasteiger partial charge in [-0.3, -0.25) is 0 Å². The minimum absolute atomic E-state index is 0.352. The topological polar surface area (TPSA) is 20.2 Å². The van der Waals surface area contributed by atoms with Gasteiger partial charge < -0.3 is 5.11 Å². The van der Waals surface area contributed by atoms with Crippen LogP contribution in [0.5, 0.6) is 5.75 Å². The van der Waals surface area contributed by atoms with E-state index in [4.69, 9.17) is 0 Å². The van der Waals surface area contributed by atoms with Crippen LogP contribution in [0.15, 0.2) is 29.8 Å². The van der Waals surface area contributed by atoms with Crippen molar-refractivity contribution in [3.8, 4) is 5.75 Å². The summed E-state index contributed by atoms with van der Waals surface area (Å²) >= 11 is 0. The highest BCUT2D eigenvalue weighted by molar-refractivity contribution is 5.70. The minimum Gasteiger partial charge on any atom is -0.508 e. The van der Waals surface area contributed by atoms with E-state index in [1.54, 1.807) is 17.7 Å². The number of benzene rings is 1. The van der Waals surface area contributed by atoms with Crippen LogP contribution >= 0.6 is 0 Å². The first kappa shape index (κ1) is 12.2. The Morgan fingerprint density at radius 1 is 1.18 bits per heavy atom. The second kappa shape index (κ2) is 4.95. The quantitative estimate of drug-likeness (QED) is 0.786. The van der Waals surface area contributed by atoms with Crippen LogP contribution in [0, 0.1) is 11.8 Å². The maximum absolute atomic E-state index is 9.36.